The predicted molar refractivity (Wildman–Crippen MR) is 123 cm³/mol. The number of fused-ring (bicyclic) bond motifs is 1. The summed E-state index contributed by atoms with van der Waals surface area (Å²) in [7, 11) is 2.97. The first-order valence-corrected chi connectivity index (χ1v) is 11.1. The molecule has 4 rings (SSSR count). The molecule has 0 spiro atoms. The number of hydrogen-bond acceptors (Lipinski definition) is 4. The molecule has 0 unspecified atom stereocenters. The zero-order valence-corrected chi connectivity index (χ0v) is 19.2. The van der Waals surface area contributed by atoms with Crippen LogP contribution in [-0.2, 0) is 11.2 Å². The van der Waals surface area contributed by atoms with Crippen LogP contribution in [0, 0.1) is 11.7 Å². The van der Waals surface area contributed by atoms with Gasteiger partial charge < -0.3 is 9.80 Å². The number of benzene rings is 2. The number of hydrogen-bond donors (Lipinski definition) is 1. The fourth-order valence-electron chi connectivity index (χ4n) is 4.14. The maximum absolute atomic E-state index is 13.2. The topological polar surface area (TPSA) is 86.4 Å². The minimum atomic E-state index is -0.756. The van der Waals surface area contributed by atoms with Crippen molar-refractivity contribution < 1.29 is 18.8 Å². The Balaban J connectivity index is 1.49. The minimum absolute atomic E-state index is 0.0348. The summed E-state index contributed by atoms with van der Waals surface area (Å²) in [6.07, 6.45) is 2.50. The highest BCUT2D eigenvalue weighted by molar-refractivity contribution is 6.44. The fourth-order valence-corrected chi connectivity index (χ4v) is 4.39. The lowest BCUT2D eigenvalue weighted by atomic mass is 9.90. The lowest BCUT2D eigenvalue weighted by Crippen LogP contribution is -2.39. The molecule has 1 fully saturated rings. The van der Waals surface area contributed by atoms with E-state index >= 15 is 0 Å². The number of likely N-dealkylation sites (tertiary alicyclic amines) is 1. The molecule has 1 aliphatic rings. The third-order valence-corrected chi connectivity index (χ3v) is 6.35. The Morgan fingerprint density at radius 1 is 1.15 bits per heavy atom. The quantitative estimate of drug-likeness (QED) is 0.455. The average Bonchev–Trinajstić information content (AvgIpc) is 3.21. The second-order valence-electron chi connectivity index (χ2n) is 8.54. The van der Waals surface area contributed by atoms with E-state index in [-0.39, 0.29) is 28.0 Å². The molecule has 2 aromatic carbocycles. The van der Waals surface area contributed by atoms with Crippen LogP contribution in [0.2, 0.25) is 5.02 Å². The van der Waals surface area contributed by atoms with Gasteiger partial charge in [0, 0.05) is 32.6 Å². The molecule has 9 heteroatoms. The highest BCUT2D eigenvalue weighted by Crippen LogP contribution is 2.29. The van der Waals surface area contributed by atoms with Gasteiger partial charge in [0.2, 0.25) is 0 Å². The van der Waals surface area contributed by atoms with E-state index in [9.17, 15) is 18.8 Å². The molecule has 172 valence electrons. The van der Waals surface area contributed by atoms with Crippen molar-refractivity contribution in [2.24, 2.45) is 5.92 Å². The monoisotopic (exact) mass is 470 g/mol. The lowest BCUT2D eigenvalue weighted by molar-refractivity contribution is -0.124. The van der Waals surface area contributed by atoms with E-state index in [4.69, 9.17) is 11.6 Å². The standard InChI is InChI=1S/C24H24ClFN4O3/c1-29(2)24(33)22(31)21-18-12-17(19(25)13-20(18)27-28-21)23(32)30-9-7-15(8-10-30)11-14-3-5-16(26)6-4-14/h3-6,12-13,15H,7-11H2,1-2H3,(H,27,28). The van der Waals surface area contributed by atoms with Gasteiger partial charge in [-0.1, -0.05) is 23.7 Å². The molecule has 2 heterocycles. The zero-order chi connectivity index (χ0) is 23.7. The van der Waals surface area contributed by atoms with Crippen LogP contribution < -0.4 is 0 Å². The molecular weight excluding hydrogens is 447 g/mol. The summed E-state index contributed by atoms with van der Waals surface area (Å²) in [5, 5.41) is 7.32. The van der Waals surface area contributed by atoms with E-state index < -0.39 is 11.7 Å². The summed E-state index contributed by atoms with van der Waals surface area (Å²) < 4.78 is 13.1. The van der Waals surface area contributed by atoms with E-state index in [0.29, 0.717) is 29.9 Å². The fraction of sp³-hybridized carbons (Fsp3) is 0.333. The molecule has 0 bridgehead atoms. The van der Waals surface area contributed by atoms with Crippen molar-refractivity contribution in [3.8, 4) is 0 Å². The van der Waals surface area contributed by atoms with Gasteiger partial charge in [0.15, 0.2) is 0 Å². The molecule has 0 aliphatic carbocycles. The number of carbonyl (C=O) groups excluding carboxylic acids is 3. The molecule has 0 saturated carbocycles. The molecule has 1 saturated heterocycles. The molecule has 1 aromatic heterocycles. The van der Waals surface area contributed by atoms with Gasteiger partial charge >= 0.3 is 0 Å². The second kappa shape index (κ2) is 9.31. The summed E-state index contributed by atoms with van der Waals surface area (Å²) in [6.45, 7) is 1.16. The van der Waals surface area contributed by atoms with E-state index in [2.05, 4.69) is 10.2 Å². The van der Waals surface area contributed by atoms with Crippen molar-refractivity contribution in [1.82, 2.24) is 20.0 Å². The number of aromatic nitrogens is 2. The predicted octanol–water partition coefficient (Wildman–Crippen LogP) is 3.72. The van der Waals surface area contributed by atoms with Crippen molar-refractivity contribution >= 4 is 40.1 Å². The van der Waals surface area contributed by atoms with Crippen LogP contribution in [0.25, 0.3) is 10.9 Å². The van der Waals surface area contributed by atoms with E-state index in [1.807, 2.05) is 0 Å². The normalized spacial score (nSPS) is 14.5. The highest BCUT2D eigenvalue weighted by Gasteiger charge is 2.28. The first kappa shape index (κ1) is 22.9. The third kappa shape index (κ3) is 4.75. The first-order valence-electron chi connectivity index (χ1n) is 10.7. The maximum atomic E-state index is 13.2. The van der Waals surface area contributed by atoms with Gasteiger partial charge in [-0.15, -0.1) is 0 Å². The molecule has 1 N–H and O–H groups in total. The number of H-pyrrole nitrogens is 1. The largest absolute Gasteiger partial charge is 0.342 e. The van der Waals surface area contributed by atoms with Crippen LogP contribution in [0.1, 0.15) is 39.3 Å². The van der Waals surface area contributed by atoms with Crippen molar-refractivity contribution in [2.75, 3.05) is 27.2 Å². The number of nitrogens with one attached hydrogen (secondary N) is 1. The molecular formula is C24H24ClFN4O3. The maximum Gasteiger partial charge on any atom is 0.296 e. The number of aromatic amines is 1. The summed E-state index contributed by atoms with van der Waals surface area (Å²) in [4.78, 5) is 40.8. The Bertz CT molecular complexity index is 1210. The van der Waals surface area contributed by atoms with Crippen LogP contribution in [-0.4, -0.2) is 64.8 Å². The number of halogens is 2. The van der Waals surface area contributed by atoms with Gasteiger partial charge in [-0.3, -0.25) is 19.5 Å². The number of Topliss-reactive ketones (excluding diaryl/α,β-unsaturated/α-hetero) is 1. The molecule has 2 amide bonds. The highest BCUT2D eigenvalue weighted by atomic mass is 35.5. The smallest absolute Gasteiger partial charge is 0.296 e. The van der Waals surface area contributed by atoms with Crippen molar-refractivity contribution in [2.45, 2.75) is 19.3 Å². The summed E-state index contributed by atoms with van der Waals surface area (Å²) in [5.41, 5.74) is 1.80. The third-order valence-electron chi connectivity index (χ3n) is 6.04. The van der Waals surface area contributed by atoms with Gasteiger partial charge in [-0.2, -0.15) is 5.10 Å². The Morgan fingerprint density at radius 3 is 2.45 bits per heavy atom. The van der Waals surface area contributed by atoms with Crippen molar-refractivity contribution in [3.63, 3.8) is 0 Å². The Morgan fingerprint density at radius 2 is 1.82 bits per heavy atom. The number of piperidine rings is 1. The number of rotatable bonds is 5. The first-order chi connectivity index (χ1) is 15.7. The molecule has 7 nitrogen and oxygen atoms in total. The molecule has 1 aliphatic heterocycles. The SMILES string of the molecule is CN(C)C(=O)C(=O)c1n[nH]c2cc(Cl)c(C(=O)N3CCC(Cc4ccc(F)cc4)CC3)cc12. The summed E-state index contributed by atoms with van der Waals surface area (Å²) in [5.74, 6) is -1.52. The van der Waals surface area contributed by atoms with Crippen LogP contribution in [0.5, 0.6) is 0 Å². The minimum Gasteiger partial charge on any atom is -0.342 e. The molecule has 0 radical (unpaired) electrons. The van der Waals surface area contributed by atoms with Gasteiger partial charge in [-0.05, 0) is 55.0 Å². The van der Waals surface area contributed by atoms with Crippen LogP contribution in [0.4, 0.5) is 4.39 Å². The van der Waals surface area contributed by atoms with Gasteiger partial charge in [0.25, 0.3) is 17.6 Å². The number of likely N-dealkylation sites (N-methyl/N-ethyl adjacent to an activating group) is 1. The van der Waals surface area contributed by atoms with Gasteiger partial charge in [0.1, 0.15) is 11.5 Å². The second-order valence-corrected chi connectivity index (χ2v) is 8.95. The Hall–Kier alpha value is -3.26. The lowest BCUT2D eigenvalue weighted by Gasteiger charge is -2.32. The van der Waals surface area contributed by atoms with E-state index in [0.717, 1.165) is 24.8 Å². The van der Waals surface area contributed by atoms with E-state index in [1.54, 1.807) is 23.1 Å². The number of amides is 2. The molecule has 3 aromatic rings. The number of carbonyl (C=O) groups is 3. The molecule has 33 heavy (non-hydrogen) atoms. The average molecular weight is 471 g/mol. The van der Waals surface area contributed by atoms with Gasteiger partial charge in [0.05, 0.1) is 16.1 Å². The van der Waals surface area contributed by atoms with Crippen molar-refractivity contribution in [3.05, 3.63) is 64.1 Å². The van der Waals surface area contributed by atoms with Crippen LogP contribution in [0.3, 0.4) is 0 Å². The zero-order valence-electron chi connectivity index (χ0n) is 18.4. The summed E-state index contributed by atoms with van der Waals surface area (Å²) in [6, 6.07) is 9.61. The van der Waals surface area contributed by atoms with Crippen LogP contribution >= 0.6 is 11.6 Å². The van der Waals surface area contributed by atoms with Crippen molar-refractivity contribution in [1.29, 1.82) is 0 Å². The van der Waals surface area contributed by atoms with Gasteiger partial charge in [-0.25, -0.2) is 4.39 Å². The molecule has 0 atom stereocenters. The number of ketones is 1. The Kier molecular flexibility index (Phi) is 6.47. The number of nitrogens with zero attached hydrogens (tertiary/aromatic N) is 3. The van der Waals surface area contributed by atoms with Crippen LogP contribution in [0.15, 0.2) is 36.4 Å². The van der Waals surface area contributed by atoms with E-state index in [1.165, 1.54) is 37.2 Å². The summed E-state index contributed by atoms with van der Waals surface area (Å²) >= 11 is 6.38. The Labute approximate surface area is 195 Å².